The summed E-state index contributed by atoms with van der Waals surface area (Å²) in [5.74, 6) is 0.672. The smallest absolute Gasteiger partial charge is 0.339 e. The van der Waals surface area contributed by atoms with E-state index >= 15 is 0 Å². The molecule has 0 spiro atoms. The molecule has 37 heavy (non-hydrogen) atoms. The van der Waals surface area contributed by atoms with Gasteiger partial charge in [0.05, 0.1) is 23.7 Å². The van der Waals surface area contributed by atoms with Crippen LogP contribution in [0.2, 0.25) is 0 Å². The molecule has 202 valence electrons. The van der Waals surface area contributed by atoms with Crippen molar-refractivity contribution in [3.05, 3.63) is 66.0 Å². The Kier molecular flexibility index (Phi) is 10.2. The van der Waals surface area contributed by atoms with E-state index in [9.17, 15) is 14.7 Å². The van der Waals surface area contributed by atoms with Gasteiger partial charge in [-0.05, 0) is 62.2 Å². The van der Waals surface area contributed by atoms with Crippen LogP contribution in [-0.4, -0.2) is 42.5 Å². The first kappa shape index (κ1) is 28.7. The summed E-state index contributed by atoms with van der Waals surface area (Å²) in [4.78, 5) is 25.2. The van der Waals surface area contributed by atoms with E-state index in [2.05, 4.69) is 27.7 Å². The second kappa shape index (κ2) is 13.1. The van der Waals surface area contributed by atoms with Gasteiger partial charge in [-0.25, -0.2) is 4.79 Å². The van der Waals surface area contributed by atoms with Crippen molar-refractivity contribution in [1.29, 1.82) is 0 Å². The van der Waals surface area contributed by atoms with E-state index in [-0.39, 0.29) is 30.4 Å². The molecule has 6 nitrogen and oxygen atoms in total. The average molecular weight is 511 g/mol. The molecule has 1 aromatic carbocycles. The normalized spacial score (nSPS) is 21.5. The highest BCUT2D eigenvalue weighted by molar-refractivity contribution is 6.17. The lowest BCUT2D eigenvalue weighted by Crippen LogP contribution is -2.36. The summed E-state index contributed by atoms with van der Waals surface area (Å²) in [5, 5.41) is 10.3. The van der Waals surface area contributed by atoms with Gasteiger partial charge < -0.3 is 19.3 Å². The van der Waals surface area contributed by atoms with Crippen molar-refractivity contribution < 1.29 is 28.9 Å². The number of fused-ring (bicyclic) bond motifs is 1. The van der Waals surface area contributed by atoms with Crippen molar-refractivity contribution in [3.8, 4) is 0 Å². The van der Waals surface area contributed by atoms with Crippen molar-refractivity contribution in [2.24, 2.45) is 23.2 Å². The van der Waals surface area contributed by atoms with Gasteiger partial charge >= 0.3 is 11.9 Å². The summed E-state index contributed by atoms with van der Waals surface area (Å²) in [5.41, 5.74) is 0.930. The Morgan fingerprint density at radius 2 is 1.84 bits per heavy atom. The van der Waals surface area contributed by atoms with Gasteiger partial charge in [0.15, 0.2) is 0 Å². The molecule has 0 amide bonds. The maximum Gasteiger partial charge on any atom is 0.339 e. The van der Waals surface area contributed by atoms with Crippen LogP contribution in [0.4, 0.5) is 0 Å². The molecule has 4 atom stereocenters. The van der Waals surface area contributed by atoms with Crippen LogP contribution in [0.15, 0.2) is 60.4 Å². The standard InChI is InChI=1S/C31H42O6/c1-21(2)19-31(5,22(3)4)30(34)35-16-10-9-13-25(32)20-36-26-15-14-24-17-27(23-11-7-6-8-12-23)29(33)37-28(24)18-26/h6-8,11-12,14-15,17-18,21-22,24-25,28,32H,9-10,13,16,19-20H2,1-5H3. The van der Waals surface area contributed by atoms with E-state index < -0.39 is 17.6 Å². The number of hydrogen-bond acceptors (Lipinski definition) is 6. The number of aliphatic hydroxyl groups is 1. The first-order chi connectivity index (χ1) is 17.6. The van der Waals surface area contributed by atoms with Crippen LogP contribution in [0.25, 0.3) is 5.57 Å². The summed E-state index contributed by atoms with van der Waals surface area (Å²) >= 11 is 0. The third-order valence-electron chi connectivity index (χ3n) is 7.28. The van der Waals surface area contributed by atoms with Crippen LogP contribution >= 0.6 is 0 Å². The third kappa shape index (κ3) is 7.81. The minimum absolute atomic E-state index is 0.0500. The molecule has 3 rings (SSSR count). The largest absolute Gasteiger partial charge is 0.491 e. The number of aliphatic hydroxyl groups excluding tert-OH is 1. The summed E-state index contributed by atoms with van der Waals surface area (Å²) in [6, 6.07) is 9.49. The number of unbranched alkanes of at least 4 members (excludes halogenated alkanes) is 1. The van der Waals surface area contributed by atoms with Crippen LogP contribution in [0.5, 0.6) is 0 Å². The predicted molar refractivity (Wildman–Crippen MR) is 144 cm³/mol. The predicted octanol–water partition coefficient (Wildman–Crippen LogP) is 5.86. The Morgan fingerprint density at radius 3 is 2.51 bits per heavy atom. The Bertz CT molecular complexity index is 1010. The van der Waals surface area contributed by atoms with Crippen LogP contribution < -0.4 is 0 Å². The molecule has 1 aliphatic carbocycles. The van der Waals surface area contributed by atoms with E-state index in [0.29, 0.717) is 36.7 Å². The quantitative estimate of drug-likeness (QED) is 0.264. The summed E-state index contributed by atoms with van der Waals surface area (Å²) < 4.78 is 17.0. The highest BCUT2D eigenvalue weighted by atomic mass is 16.5. The molecule has 0 saturated heterocycles. The average Bonchev–Trinajstić information content (AvgIpc) is 2.86. The fourth-order valence-corrected chi connectivity index (χ4v) is 4.77. The lowest BCUT2D eigenvalue weighted by atomic mass is 9.73. The van der Waals surface area contributed by atoms with Crippen molar-refractivity contribution in [1.82, 2.24) is 0 Å². The number of carbonyl (C=O) groups is 2. The minimum Gasteiger partial charge on any atom is -0.491 e. The zero-order chi connectivity index (χ0) is 27.0. The molecule has 2 aliphatic rings. The number of rotatable bonds is 13. The molecule has 0 radical (unpaired) electrons. The van der Waals surface area contributed by atoms with E-state index in [4.69, 9.17) is 14.2 Å². The van der Waals surface area contributed by atoms with Gasteiger partial charge in [-0.1, -0.05) is 70.2 Å². The van der Waals surface area contributed by atoms with Gasteiger partial charge in [-0.2, -0.15) is 0 Å². The molecular formula is C31H42O6. The molecule has 0 saturated carbocycles. The molecular weight excluding hydrogens is 468 g/mol. The molecule has 0 fully saturated rings. The van der Waals surface area contributed by atoms with Gasteiger partial charge in [0.2, 0.25) is 0 Å². The Morgan fingerprint density at radius 1 is 1.11 bits per heavy atom. The maximum absolute atomic E-state index is 12.7. The number of hydrogen-bond donors (Lipinski definition) is 1. The van der Waals surface area contributed by atoms with Crippen LogP contribution in [0.3, 0.4) is 0 Å². The highest BCUT2D eigenvalue weighted by Gasteiger charge is 2.38. The summed E-state index contributed by atoms with van der Waals surface area (Å²) in [6.07, 6.45) is 9.25. The lowest BCUT2D eigenvalue weighted by Gasteiger charge is -2.32. The Balaban J connectivity index is 1.38. The summed E-state index contributed by atoms with van der Waals surface area (Å²) in [7, 11) is 0. The van der Waals surface area contributed by atoms with Crippen molar-refractivity contribution in [2.45, 2.75) is 72.5 Å². The van der Waals surface area contributed by atoms with Gasteiger partial charge in [-0.15, -0.1) is 0 Å². The molecule has 1 aliphatic heterocycles. The third-order valence-corrected chi connectivity index (χ3v) is 7.28. The first-order valence-electron chi connectivity index (χ1n) is 13.5. The lowest BCUT2D eigenvalue weighted by molar-refractivity contribution is -0.159. The van der Waals surface area contributed by atoms with Crippen molar-refractivity contribution >= 4 is 17.5 Å². The number of allylic oxidation sites excluding steroid dienone is 1. The van der Waals surface area contributed by atoms with Gasteiger partial charge in [0.1, 0.15) is 18.5 Å². The fourth-order valence-electron chi connectivity index (χ4n) is 4.77. The molecule has 4 unspecified atom stereocenters. The zero-order valence-corrected chi connectivity index (χ0v) is 22.8. The van der Waals surface area contributed by atoms with Gasteiger partial charge in [-0.3, -0.25) is 4.79 Å². The van der Waals surface area contributed by atoms with Gasteiger partial charge in [0, 0.05) is 5.92 Å². The number of ether oxygens (including phenoxy) is 3. The van der Waals surface area contributed by atoms with Crippen LogP contribution in [0, 0.1) is 23.2 Å². The number of carbonyl (C=O) groups excluding carboxylic acids is 2. The number of esters is 2. The highest BCUT2D eigenvalue weighted by Crippen LogP contribution is 2.36. The molecule has 0 bridgehead atoms. The maximum atomic E-state index is 12.7. The van der Waals surface area contributed by atoms with Crippen LogP contribution in [-0.2, 0) is 23.8 Å². The number of benzene rings is 1. The SMILES string of the molecule is CC(C)CC(C)(C(=O)OCCCCC(O)COC1=CC2OC(=O)C(c3ccccc3)=CC2C=C1)C(C)C. The minimum atomic E-state index is -0.636. The Labute approximate surface area is 221 Å². The first-order valence-corrected chi connectivity index (χ1v) is 13.5. The fraction of sp³-hybridized carbons (Fsp3) is 0.548. The monoisotopic (exact) mass is 510 g/mol. The Hall–Kier alpha value is -2.86. The molecule has 1 N–H and O–H groups in total. The zero-order valence-electron chi connectivity index (χ0n) is 22.8. The van der Waals surface area contributed by atoms with Gasteiger partial charge in [0.25, 0.3) is 0 Å². The topological polar surface area (TPSA) is 82.1 Å². The van der Waals surface area contributed by atoms with E-state index in [1.54, 1.807) is 6.08 Å². The molecule has 1 aromatic rings. The van der Waals surface area contributed by atoms with E-state index in [1.165, 1.54) is 0 Å². The second-order valence-electron chi connectivity index (χ2n) is 11.1. The molecule has 1 heterocycles. The molecule has 6 heteroatoms. The van der Waals surface area contributed by atoms with E-state index in [1.807, 2.05) is 55.5 Å². The van der Waals surface area contributed by atoms with Crippen LogP contribution in [0.1, 0.15) is 65.9 Å². The molecule has 0 aromatic heterocycles. The second-order valence-corrected chi connectivity index (χ2v) is 11.1. The van der Waals surface area contributed by atoms with Crippen molar-refractivity contribution in [2.75, 3.05) is 13.2 Å². The summed E-state index contributed by atoms with van der Waals surface area (Å²) in [6.45, 7) is 10.9. The van der Waals surface area contributed by atoms with E-state index in [0.717, 1.165) is 18.4 Å². The van der Waals surface area contributed by atoms with Crippen molar-refractivity contribution in [3.63, 3.8) is 0 Å².